The molecule has 1 atom stereocenters. The second-order valence-electron chi connectivity index (χ2n) is 3.32. The maximum atomic E-state index is 12.6. The zero-order chi connectivity index (χ0) is 9.84. The normalized spacial score (nSPS) is 11.6. The van der Waals surface area contributed by atoms with Gasteiger partial charge in [-0.05, 0) is 31.0 Å². The van der Waals surface area contributed by atoms with E-state index in [0.29, 0.717) is 0 Å². The highest BCUT2D eigenvalue weighted by Crippen LogP contribution is 2.17. The van der Waals surface area contributed by atoms with Crippen LogP contribution in [0.4, 0.5) is 4.39 Å². The monoisotopic (exact) mass is 215 g/mol. The van der Waals surface area contributed by atoms with Crippen molar-refractivity contribution in [2.24, 2.45) is 5.73 Å². The Hall–Kier alpha value is -0.860. The van der Waals surface area contributed by atoms with E-state index in [9.17, 15) is 4.39 Å². The maximum absolute atomic E-state index is 12.6. The van der Waals surface area contributed by atoms with Crippen molar-refractivity contribution in [2.45, 2.75) is 19.4 Å². The number of hydrogen-bond acceptors (Lipinski definition) is 1. The molecule has 0 aromatic heterocycles. The average molecular weight is 216 g/mol. The van der Waals surface area contributed by atoms with E-state index >= 15 is 0 Å². The van der Waals surface area contributed by atoms with Gasteiger partial charge in [-0.25, -0.2) is 4.39 Å². The molecule has 3 heteroatoms. The third-order valence-corrected chi connectivity index (χ3v) is 1.87. The molecule has 0 saturated carbocycles. The van der Waals surface area contributed by atoms with Gasteiger partial charge < -0.3 is 5.73 Å². The molecule has 0 saturated heterocycles. The summed E-state index contributed by atoms with van der Waals surface area (Å²) in [5, 5.41) is 0. The fraction of sp³-hybridized carbons (Fsp3) is 0.273. The smallest absolute Gasteiger partial charge is 0.123 e. The molecule has 0 heterocycles. The van der Waals surface area contributed by atoms with E-state index in [2.05, 4.69) is 6.58 Å². The number of halogens is 2. The average Bonchev–Trinajstić information content (AvgIpc) is 2.04. The lowest BCUT2D eigenvalue weighted by Crippen LogP contribution is -2.10. The van der Waals surface area contributed by atoms with E-state index in [4.69, 9.17) is 5.73 Å². The first-order chi connectivity index (χ1) is 6.09. The Morgan fingerprint density at radius 3 is 2.36 bits per heavy atom. The second-order valence-corrected chi connectivity index (χ2v) is 3.32. The highest BCUT2D eigenvalue weighted by Gasteiger charge is 2.05. The first-order valence-corrected chi connectivity index (χ1v) is 4.25. The van der Waals surface area contributed by atoms with Crippen LogP contribution in [-0.4, -0.2) is 0 Å². The minimum atomic E-state index is -0.230. The molecule has 78 valence electrons. The molecule has 1 nitrogen and oxygen atoms in total. The Morgan fingerprint density at radius 1 is 1.43 bits per heavy atom. The summed E-state index contributed by atoms with van der Waals surface area (Å²) >= 11 is 0. The van der Waals surface area contributed by atoms with Gasteiger partial charge in [0.05, 0.1) is 0 Å². The minimum Gasteiger partial charge on any atom is -0.324 e. The molecule has 0 bridgehead atoms. The van der Waals surface area contributed by atoms with E-state index < -0.39 is 0 Å². The molecule has 0 unspecified atom stereocenters. The number of benzene rings is 1. The maximum Gasteiger partial charge on any atom is 0.123 e. The van der Waals surface area contributed by atoms with Crippen LogP contribution in [0.15, 0.2) is 36.4 Å². The summed E-state index contributed by atoms with van der Waals surface area (Å²) in [5.41, 5.74) is 7.85. The molecule has 0 aliphatic carbocycles. The van der Waals surface area contributed by atoms with Crippen LogP contribution in [0, 0.1) is 5.82 Å². The molecule has 0 amide bonds. The van der Waals surface area contributed by atoms with Crippen molar-refractivity contribution in [3.05, 3.63) is 47.8 Å². The van der Waals surface area contributed by atoms with Crippen LogP contribution in [0.1, 0.15) is 24.9 Å². The van der Waals surface area contributed by atoms with Gasteiger partial charge in [-0.3, -0.25) is 0 Å². The van der Waals surface area contributed by atoms with Gasteiger partial charge in [-0.15, -0.1) is 19.0 Å². The van der Waals surface area contributed by atoms with E-state index in [0.717, 1.165) is 17.6 Å². The molecule has 1 rings (SSSR count). The Kier molecular flexibility index (Phi) is 5.43. The number of hydrogen-bond donors (Lipinski definition) is 1. The van der Waals surface area contributed by atoms with Gasteiger partial charge >= 0.3 is 0 Å². The van der Waals surface area contributed by atoms with Crippen molar-refractivity contribution in [2.75, 3.05) is 0 Å². The summed E-state index contributed by atoms with van der Waals surface area (Å²) in [7, 11) is 0. The quantitative estimate of drug-likeness (QED) is 0.770. The van der Waals surface area contributed by atoms with Gasteiger partial charge in [0.25, 0.3) is 0 Å². The molecule has 0 fully saturated rings. The number of rotatable bonds is 3. The topological polar surface area (TPSA) is 26.0 Å². The summed E-state index contributed by atoms with van der Waals surface area (Å²) < 4.78 is 12.6. The molecular formula is C11H15ClFN. The lowest BCUT2D eigenvalue weighted by atomic mass is 10.0. The summed E-state index contributed by atoms with van der Waals surface area (Å²) in [6.07, 6.45) is 0.742. The van der Waals surface area contributed by atoms with Crippen LogP contribution >= 0.6 is 12.4 Å². The fourth-order valence-corrected chi connectivity index (χ4v) is 1.20. The highest BCUT2D eigenvalue weighted by atomic mass is 35.5. The highest BCUT2D eigenvalue weighted by molar-refractivity contribution is 5.85. The summed E-state index contributed by atoms with van der Waals surface area (Å²) in [6.45, 7) is 5.72. The SMILES string of the molecule is C=C(C)C[C@H](N)c1ccc(F)cc1.Cl. The van der Waals surface area contributed by atoms with Gasteiger partial charge in [0.2, 0.25) is 0 Å². The summed E-state index contributed by atoms with van der Waals surface area (Å²) in [5.74, 6) is -0.230. The molecule has 0 radical (unpaired) electrons. The van der Waals surface area contributed by atoms with Crippen LogP contribution in [-0.2, 0) is 0 Å². The lowest BCUT2D eigenvalue weighted by Gasteiger charge is -2.11. The molecular weight excluding hydrogens is 201 g/mol. The van der Waals surface area contributed by atoms with Crippen LogP contribution in [0.3, 0.4) is 0 Å². The van der Waals surface area contributed by atoms with Crippen molar-refractivity contribution >= 4 is 12.4 Å². The van der Waals surface area contributed by atoms with Crippen molar-refractivity contribution in [3.63, 3.8) is 0 Å². The molecule has 0 aliphatic rings. The van der Waals surface area contributed by atoms with Crippen molar-refractivity contribution in [3.8, 4) is 0 Å². The predicted molar refractivity (Wildman–Crippen MR) is 60.0 cm³/mol. The second kappa shape index (κ2) is 5.78. The van der Waals surface area contributed by atoms with Gasteiger partial charge in [-0.1, -0.05) is 17.7 Å². The molecule has 14 heavy (non-hydrogen) atoms. The van der Waals surface area contributed by atoms with Gasteiger partial charge in [0.15, 0.2) is 0 Å². The lowest BCUT2D eigenvalue weighted by molar-refractivity contribution is 0.624. The first kappa shape index (κ1) is 13.1. The van der Waals surface area contributed by atoms with E-state index in [1.54, 1.807) is 12.1 Å². The molecule has 0 aliphatic heterocycles. The van der Waals surface area contributed by atoms with E-state index in [1.807, 2.05) is 6.92 Å². The van der Waals surface area contributed by atoms with Crippen LogP contribution in [0.5, 0.6) is 0 Å². The van der Waals surface area contributed by atoms with Crippen LogP contribution in [0.2, 0.25) is 0 Å². The predicted octanol–water partition coefficient (Wildman–Crippen LogP) is 3.21. The van der Waals surface area contributed by atoms with E-state index in [1.165, 1.54) is 12.1 Å². The Labute approximate surface area is 90.2 Å². The molecule has 1 aromatic rings. The van der Waals surface area contributed by atoms with Crippen LogP contribution < -0.4 is 5.73 Å². The molecule has 2 N–H and O–H groups in total. The largest absolute Gasteiger partial charge is 0.324 e. The fourth-order valence-electron chi connectivity index (χ4n) is 1.20. The van der Waals surface area contributed by atoms with Crippen molar-refractivity contribution in [1.82, 2.24) is 0 Å². The third kappa shape index (κ3) is 3.90. The Balaban J connectivity index is 0.00000169. The zero-order valence-electron chi connectivity index (χ0n) is 8.16. The van der Waals surface area contributed by atoms with E-state index in [-0.39, 0.29) is 24.3 Å². The molecule has 1 aromatic carbocycles. The summed E-state index contributed by atoms with van der Waals surface area (Å²) in [4.78, 5) is 0. The molecule has 0 spiro atoms. The van der Waals surface area contributed by atoms with Gasteiger partial charge in [0, 0.05) is 6.04 Å². The van der Waals surface area contributed by atoms with Gasteiger partial charge in [0.1, 0.15) is 5.82 Å². The number of nitrogens with two attached hydrogens (primary N) is 1. The summed E-state index contributed by atoms with van der Waals surface area (Å²) in [6, 6.07) is 6.20. The first-order valence-electron chi connectivity index (χ1n) is 4.25. The van der Waals surface area contributed by atoms with Crippen LogP contribution in [0.25, 0.3) is 0 Å². The minimum absolute atomic E-state index is 0. The van der Waals surface area contributed by atoms with Crippen molar-refractivity contribution in [1.29, 1.82) is 0 Å². The van der Waals surface area contributed by atoms with Crippen molar-refractivity contribution < 1.29 is 4.39 Å². The Bertz CT molecular complexity index is 295. The zero-order valence-corrected chi connectivity index (χ0v) is 8.98. The van der Waals surface area contributed by atoms with Gasteiger partial charge in [-0.2, -0.15) is 0 Å². The Morgan fingerprint density at radius 2 is 1.93 bits per heavy atom. The standard InChI is InChI=1S/C11H14FN.ClH/c1-8(2)7-11(13)9-3-5-10(12)6-4-9;/h3-6,11H,1,7,13H2,2H3;1H/t11-;/m0./s1. The third-order valence-electron chi connectivity index (χ3n) is 1.87.